The van der Waals surface area contributed by atoms with E-state index in [1.54, 1.807) is 0 Å². The lowest BCUT2D eigenvalue weighted by Crippen LogP contribution is -2.03. The molecule has 0 spiro atoms. The minimum Gasteiger partial charge on any atom is -0.504 e. The van der Waals surface area contributed by atoms with Crippen molar-refractivity contribution in [1.82, 2.24) is 0 Å². The molecule has 0 saturated heterocycles. The van der Waals surface area contributed by atoms with Crippen LogP contribution in [-0.4, -0.2) is 17.2 Å². The number of Topliss-reactive ketones (excluding diaryl/α,β-unsaturated/α-hetero) is 1. The molecule has 0 amide bonds. The second-order valence-corrected chi connectivity index (χ2v) is 1.50. The minimum atomic E-state index is -0.707. The molecule has 54 valence electrons. The van der Waals surface area contributed by atoms with Crippen molar-refractivity contribution in [2.75, 3.05) is 0 Å². The molecule has 0 aromatic heterocycles. The molecule has 0 atom stereocenters. The standard InChI is InChI=1S/C6H8N2O2/c1-4(8-3-7)6(10)5(2)9/h3,9H,1-2H2,(H2,7,8). The molecule has 10 heavy (non-hydrogen) atoms. The zero-order valence-corrected chi connectivity index (χ0v) is 5.37. The van der Waals surface area contributed by atoms with Gasteiger partial charge in [0.25, 0.3) is 0 Å². The van der Waals surface area contributed by atoms with Crippen molar-refractivity contribution in [2.24, 2.45) is 10.7 Å². The molecule has 4 heteroatoms. The third-order valence-corrected chi connectivity index (χ3v) is 0.755. The van der Waals surface area contributed by atoms with E-state index in [0.717, 1.165) is 6.34 Å². The van der Waals surface area contributed by atoms with Crippen molar-refractivity contribution < 1.29 is 9.90 Å². The SMILES string of the molecule is C=C(O)C(=O)C(=C)N=CN. The maximum atomic E-state index is 10.6. The molecule has 3 N–H and O–H groups in total. The van der Waals surface area contributed by atoms with E-state index < -0.39 is 11.5 Å². The summed E-state index contributed by atoms with van der Waals surface area (Å²) in [6, 6.07) is 0. The van der Waals surface area contributed by atoms with E-state index in [9.17, 15) is 4.79 Å². The molecule has 0 heterocycles. The van der Waals surface area contributed by atoms with Crippen LogP contribution in [0.5, 0.6) is 0 Å². The van der Waals surface area contributed by atoms with Gasteiger partial charge in [-0.3, -0.25) is 4.79 Å². The highest BCUT2D eigenvalue weighted by Crippen LogP contribution is 1.98. The Hall–Kier alpha value is -1.58. The number of nitrogens with two attached hydrogens (primary N) is 1. The Morgan fingerprint density at radius 1 is 1.60 bits per heavy atom. The van der Waals surface area contributed by atoms with Gasteiger partial charge < -0.3 is 10.8 Å². The van der Waals surface area contributed by atoms with Crippen LogP contribution < -0.4 is 5.73 Å². The molecule has 0 saturated carbocycles. The predicted octanol–water partition coefficient (Wildman–Crippen LogP) is 0.128. The molecule has 0 bridgehead atoms. The lowest BCUT2D eigenvalue weighted by atomic mass is 10.3. The second-order valence-electron chi connectivity index (χ2n) is 1.50. The smallest absolute Gasteiger partial charge is 0.244 e. The molecule has 0 aromatic carbocycles. The lowest BCUT2D eigenvalue weighted by molar-refractivity contribution is -0.114. The highest BCUT2D eigenvalue weighted by molar-refractivity contribution is 6.05. The zero-order chi connectivity index (χ0) is 8.15. The van der Waals surface area contributed by atoms with Crippen molar-refractivity contribution in [3.63, 3.8) is 0 Å². The Bertz CT molecular complexity index is 206. The van der Waals surface area contributed by atoms with Gasteiger partial charge in [0.15, 0.2) is 5.76 Å². The van der Waals surface area contributed by atoms with E-state index >= 15 is 0 Å². The summed E-state index contributed by atoms with van der Waals surface area (Å²) in [5.41, 5.74) is 4.72. The summed E-state index contributed by atoms with van der Waals surface area (Å²) < 4.78 is 0. The van der Waals surface area contributed by atoms with E-state index in [1.165, 1.54) is 0 Å². The first-order valence-electron chi connectivity index (χ1n) is 2.45. The van der Waals surface area contributed by atoms with Crippen LogP contribution in [0.25, 0.3) is 0 Å². The molecule has 0 rings (SSSR count). The van der Waals surface area contributed by atoms with Gasteiger partial charge in [0.2, 0.25) is 5.78 Å². The average molecular weight is 140 g/mol. The van der Waals surface area contributed by atoms with Gasteiger partial charge in [0.05, 0.1) is 6.34 Å². The van der Waals surface area contributed by atoms with Crippen molar-refractivity contribution in [3.05, 3.63) is 24.6 Å². The number of carbonyl (C=O) groups excluding carboxylic acids is 1. The Labute approximate surface area is 58.4 Å². The van der Waals surface area contributed by atoms with Crippen LogP contribution in [0.1, 0.15) is 0 Å². The fraction of sp³-hybridized carbons (Fsp3) is 0. The minimum absolute atomic E-state index is 0.130. The van der Waals surface area contributed by atoms with Crippen molar-refractivity contribution in [3.8, 4) is 0 Å². The molecule has 0 aliphatic rings. The summed E-state index contributed by atoms with van der Waals surface area (Å²) >= 11 is 0. The molecule has 0 radical (unpaired) electrons. The van der Waals surface area contributed by atoms with Gasteiger partial charge in [-0.05, 0) is 0 Å². The normalized spacial score (nSPS) is 9.60. The van der Waals surface area contributed by atoms with Crippen LogP contribution >= 0.6 is 0 Å². The lowest BCUT2D eigenvalue weighted by Gasteiger charge is -1.93. The first-order valence-corrected chi connectivity index (χ1v) is 2.45. The Morgan fingerprint density at radius 3 is 2.40 bits per heavy atom. The summed E-state index contributed by atoms with van der Waals surface area (Å²) in [5, 5.41) is 8.50. The molecular weight excluding hydrogens is 132 g/mol. The summed E-state index contributed by atoms with van der Waals surface area (Å²) in [4.78, 5) is 13.9. The summed E-state index contributed by atoms with van der Waals surface area (Å²) in [5.74, 6) is -1.29. The fourth-order valence-electron chi connectivity index (χ4n) is 0.315. The number of hydrogen-bond acceptors (Lipinski definition) is 3. The summed E-state index contributed by atoms with van der Waals surface area (Å²) in [7, 11) is 0. The number of rotatable bonds is 3. The van der Waals surface area contributed by atoms with Gasteiger partial charge >= 0.3 is 0 Å². The molecule has 0 unspecified atom stereocenters. The van der Waals surface area contributed by atoms with Gasteiger partial charge in [0.1, 0.15) is 5.70 Å². The van der Waals surface area contributed by atoms with E-state index in [-0.39, 0.29) is 5.70 Å². The molecular formula is C6H8N2O2. The van der Waals surface area contributed by atoms with E-state index in [2.05, 4.69) is 18.2 Å². The summed E-state index contributed by atoms with van der Waals surface area (Å²) in [6.07, 6.45) is 0.920. The first kappa shape index (κ1) is 8.42. The number of nitrogens with zero attached hydrogens (tertiary/aromatic N) is 1. The zero-order valence-electron chi connectivity index (χ0n) is 5.37. The number of aliphatic hydroxyl groups is 1. The van der Waals surface area contributed by atoms with E-state index in [0.29, 0.717) is 0 Å². The van der Waals surface area contributed by atoms with Crippen molar-refractivity contribution in [1.29, 1.82) is 0 Å². The fourth-order valence-corrected chi connectivity index (χ4v) is 0.315. The Balaban J connectivity index is 4.23. The number of aliphatic imine (C=N–C) groups is 1. The van der Waals surface area contributed by atoms with E-state index in [1.807, 2.05) is 0 Å². The van der Waals surface area contributed by atoms with Gasteiger partial charge in [-0.25, -0.2) is 4.99 Å². The number of ketones is 1. The number of hydrogen-bond donors (Lipinski definition) is 2. The van der Waals surface area contributed by atoms with Crippen molar-refractivity contribution >= 4 is 12.1 Å². The molecule has 0 aliphatic carbocycles. The predicted molar refractivity (Wildman–Crippen MR) is 38.6 cm³/mol. The number of aliphatic hydroxyl groups excluding tert-OH is 1. The molecule has 0 aromatic rings. The first-order chi connectivity index (χ1) is 4.59. The van der Waals surface area contributed by atoms with Gasteiger partial charge in [0, 0.05) is 0 Å². The molecule has 4 nitrogen and oxygen atoms in total. The van der Waals surface area contributed by atoms with Gasteiger partial charge in [-0.2, -0.15) is 0 Å². The monoisotopic (exact) mass is 140 g/mol. The summed E-state index contributed by atoms with van der Waals surface area (Å²) in [6.45, 7) is 6.21. The average Bonchev–Trinajstić information content (AvgIpc) is 1.87. The largest absolute Gasteiger partial charge is 0.504 e. The Morgan fingerprint density at radius 2 is 2.10 bits per heavy atom. The van der Waals surface area contributed by atoms with Gasteiger partial charge in [-0.1, -0.05) is 13.2 Å². The number of carbonyl (C=O) groups is 1. The maximum absolute atomic E-state index is 10.6. The molecule has 0 aliphatic heterocycles. The third kappa shape index (κ3) is 2.13. The topological polar surface area (TPSA) is 75.7 Å². The van der Waals surface area contributed by atoms with Crippen LogP contribution in [0.4, 0.5) is 0 Å². The highest BCUT2D eigenvalue weighted by atomic mass is 16.3. The van der Waals surface area contributed by atoms with E-state index in [4.69, 9.17) is 10.8 Å². The maximum Gasteiger partial charge on any atom is 0.244 e. The Kier molecular flexibility index (Phi) is 2.90. The quantitative estimate of drug-likeness (QED) is 0.253. The van der Waals surface area contributed by atoms with Crippen LogP contribution in [0.15, 0.2) is 29.6 Å². The third-order valence-electron chi connectivity index (χ3n) is 0.755. The second kappa shape index (κ2) is 3.45. The van der Waals surface area contributed by atoms with Crippen LogP contribution in [0.2, 0.25) is 0 Å². The van der Waals surface area contributed by atoms with Crippen LogP contribution in [-0.2, 0) is 4.79 Å². The molecule has 0 fully saturated rings. The van der Waals surface area contributed by atoms with Crippen molar-refractivity contribution in [2.45, 2.75) is 0 Å². The van der Waals surface area contributed by atoms with Gasteiger partial charge in [-0.15, -0.1) is 0 Å². The van der Waals surface area contributed by atoms with Crippen LogP contribution in [0, 0.1) is 0 Å². The highest BCUT2D eigenvalue weighted by Gasteiger charge is 2.07. The van der Waals surface area contributed by atoms with Crippen LogP contribution in [0.3, 0.4) is 0 Å².